The molecule has 0 saturated carbocycles. The summed E-state index contributed by atoms with van der Waals surface area (Å²) in [7, 11) is 0. The van der Waals surface area contributed by atoms with Crippen LogP contribution in [0.25, 0.3) is 10.2 Å². The van der Waals surface area contributed by atoms with Gasteiger partial charge >= 0.3 is 6.18 Å². The number of ether oxygens (including phenoxy) is 1. The lowest BCUT2D eigenvalue weighted by molar-refractivity contribution is -0.137. The first kappa shape index (κ1) is 19.4. The lowest BCUT2D eigenvalue weighted by atomic mass is 10.1. The number of nitrogens with zero attached hydrogens (tertiary/aromatic N) is 2. The standard InChI is InChI=1S/C17H13ClF3N3O2S/c1-3-26-15-12-8(2)13(27-16(12)23-7-22-15)14(25)24-11-6-9(17(19,20)21)4-5-10(11)18/h4-7H,3H2,1-2H3,(H,24,25). The van der Waals surface area contributed by atoms with Gasteiger partial charge in [-0.2, -0.15) is 13.2 Å². The van der Waals surface area contributed by atoms with Gasteiger partial charge in [0.15, 0.2) is 0 Å². The van der Waals surface area contributed by atoms with Gasteiger partial charge in [-0.1, -0.05) is 11.6 Å². The summed E-state index contributed by atoms with van der Waals surface area (Å²) in [6, 6.07) is 2.75. The van der Waals surface area contributed by atoms with E-state index in [9.17, 15) is 18.0 Å². The number of anilines is 1. The van der Waals surface area contributed by atoms with Crippen molar-refractivity contribution in [3.8, 4) is 5.88 Å². The van der Waals surface area contributed by atoms with Gasteiger partial charge in [0.2, 0.25) is 5.88 Å². The van der Waals surface area contributed by atoms with Crippen LogP contribution in [0.3, 0.4) is 0 Å². The van der Waals surface area contributed by atoms with E-state index in [2.05, 4.69) is 15.3 Å². The minimum atomic E-state index is -4.54. The van der Waals surface area contributed by atoms with Gasteiger partial charge in [-0.05, 0) is 37.6 Å². The van der Waals surface area contributed by atoms with Crippen molar-refractivity contribution < 1.29 is 22.7 Å². The van der Waals surface area contributed by atoms with Crippen LogP contribution in [0.5, 0.6) is 5.88 Å². The molecule has 0 atom stereocenters. The maximum atomic E-state index is 12.9. The Bertz CT molecular complexity index is 1020. The van der Waals surface area contributed by atoms with Crippen molar-refractivity contribution in [2.45, 2.75) is 20.0 Å². The third-order valence-corrected chi connectivity index (χ3v) is 5.25. The van der Waals surface area contributed by atoms with Crippen molar-refractivity contribution in [1.29, 1.82) is 0 Å². The van der Waals surface area contributed by atoms with E-state index in [0.717, 1.165) is 29.5 Å². The number of benzene rings is 1. The van der Waals surface area contributed by atoms with Gasteiger partial charge < -0.3 is 10.1 Å². The maximum absolute atomic E-state index is 12.9. The van der Waals surface area contributed by atoms with Crippen molar-refractivity contribution in [2.75, 3.05) is 11.9 Å². The second-order valence-electron chi connectivity index (χ2n) is 5.49. The van der Waals surface area contributed by atoms with E-state index in [0.29, 0.717) is 33.1 Å². The van der Waals surface area contributed by atoms with Gasteiger partial charge in [0, 0.05) is 0 Å². The molecule has 0 unspecified atom stereocenters. The summed E-state index contributed by atoms with van der Waals surface area (Å²) in [5.41, 5.74) is -0.441. The second-order valence-corrected chi connectivity index (χ2v) is 6.90. The highest BCUT2D eigenvalue weighted by Crippen LogP contribution is 2.36. The number of thiophene rings is 1. The summed E-state index contributed by atoms with van der Waals surface area (Å²) in [5, 5.41) is 3.05. The van der Waals surface area contributed by atoms with Gasteiger partial charge in [0.25, 0.3) is 5.91 Å². The van der Waals surface area contributed by atoms with Crippen molar-refractivity contribution in [3.05, 3.63) is 45.6 Å². The monoisotopic (exact) mass is 415 g/mol. The minimum Gasteiger partial charge on any atom is -0.477 e. The third-order valence-electron chi connectivity index (χ3n) is 3.72. The number of aromatic nitrogens is 2. The minimum absolute atomic E-state index is 0.00455. The number of nitrogens with one attached hydrogen (secondary N) is 1. The zero-order valence-corrected chi connectivity index (χ0v) is 15.7. The molecular formula is C17H13ClF3N3O2S. The largest absolute Gasteiger partial charge is 0.477 e. The van der Waals surface area contributed by atoms with Gasteiger partial charge in [-0.15, -0.1) is 11.3 Å². The topological polar surface area (TPSA) is 64.1 Å². The van der Waals surface area contributed by atoms with Crippen LogP contribution in [-0.2, 0) is 6.18 Å². The Morgan fingerprint density at radius 1 is 1.33 bits per heavy atom. The molecule has 0 radical (unpaired) electrons. The predicted octanol–water partition coefficient (Wildman–Crippen LogP) is 5.32. The Morgan fingerprint density at radius 2 is 2.07 bits per heavy atom. The number of carbonyl (C=O) groups is 1. The van der Waals surface area contributed by atoms with E-state index < -0.39 is 17.6 Å². The van der Waals surface area contributed by atoms with Crippen LogP contribution in [0.4, 0.5) is 18.9 Å². The number of hydrogen-bond donors (Lipinski definition) is 1. The van der Waals surface area contributed by atoms with Crippen molar-refractivity contribution in [3.63, 3.8) is 0 Å². The third kappa shape index (κ3) is 3.84. The number of hydrogen-bond acceptors (Lipinski definition) is 5. The molecular weight excluding hydrogens is 403 g/mol. The van der Waals surface area contributed by atoms with Crippen LogP contribution in [0, 0.1) is 6.92 Å². The molecule has 2 heterocycles. The fourth-order valence-corrected chi connectivity index (χ4v) is 3.68. The first-order chi connectivity index (χ1) is 12.7. The SMILES string of the molecule is CCOc1ncnc2sc(C(=O)Nc3cc(C(F)(F)F)ccc3Cl)c(C)c12. The van der Waals surface area contributed by atoms with Crippen LogP contribution in [0.2, 0.25) is 5.02 Å². The lowest BCUT2D eigenvalue weighted by Gasteiger charge is -2.11. The zero-order chi connectivity index (χ0) is 19.8. The molecule has 3 rings (SSSR count). The number of fused-ring (bicyclic) bond motifs is 1. The van der Waals surface area contributed by atoms with Gasteiger partial charge in [0.05, 0.1) is 33.1 Å². The van der Waals surface area contributed by atoms with E-state index >= 15 is 0 Å². The van der Waals surface area contributed by atoms with Crippen LogP contribution < -0.4 is 10.1 Å². The number of amides is 1. The summed E-state index contributed by atoms with van der Waals surface area (Å²) in [5.74, 6) is -0.230. The Hall–Kier alpha value is -2.39. The van der Waals surface area contributed by atoms with Crippen LogP contribution in [-0.4, -0.2) is 22.5 Å². The van der Waals surface area contributed by atoms with Crippen LogP contribution in [0.15, 0.2) is 24.5 Å². The van der Waals surface area contributed by atoms with Gasteiger partial charge in [-0.3, -0.25) is 4.79 Å². The fourth-order valence-electron chi connectivity index (χ4n) is 2.48. The van der Waals surface area contributed by atoms with Crippen molar-refractivity contribution in [1.82, 2.24) is 9.97 Å². The van der Waals surface area contributed by atoms with Crippen LogP contribution >= 0.6 is 22.9 Å². The number of alkyl halides is 3. The molecule has 5 nitrogen and oxygen atoms in total. The van der Waals surface area contributed by atoms with Crippen molar-refractivity contribution in [2.24, 2.45) is 0 Å². The Labute approximate surface area is 161 Å². The molecule has 1 amide bonds. The van der Waals surface area contributed by atoms with E-state index in [4.69, 9.17) is 16.3 Å². The van der Waals surface area contributed by atoms with E-state index in [-0.39, 0.29) is 10.7 Å². The first-order valence-electron chi connectivity index (χ1n) is 7.77. The molecule has 1 aromatic carbocycles. The molecule has 0 fully saturated rings. The maximum Gasteiger partial charge on any atom is 0.416 e. The molecule has 0 aliphatic heterocycles. The molecule has 0 bridgehead atoms. The fraction of sp³-hybridized carbons (Fsp3) is 0.235. The molecule has 0 saturated heterocycles. The quantitative estimate of drug-likeness (QED) is 0.626. The average molecular weight is 416 g/mol. The Morgan fingerprint density at radius 3 is 2.74 bits per heavy atom. The zero-order valence-electron chi connectivity index (χ0n) is 14.1. The van der Waals surface area contributed by atoms with E-state index in [1.54, 1.807) is 13.8 Å². The summed E-state index contributed by atoms with van der Waals surface area (Å²) >= 11 is 7.04. The molecule has 142 valence electrons. The Balaban J connectivity index is 1.98. The Kier molecular flexibility index (Phi) is 5.25. The van der Waals surface area contributed by atoms with Crippen molar-refractivity contribution >= 4 is 44.7 Å². The average Bonchev–Trinajstić information content (AvgIpc) is 2.94. The lowest BCUT2D eigenvalue weighted by Crippen LogP contribution is -2.13. The van der Waals surface area contributed by atoms with Crippen LogP contribution in [0.1, 0.15) is 27.7 Å². The number of aryl methyl sites for hydroxylation is 1. The number of carbonyl (C=O) groups excluding carboxylic acids is 1. The summed E-state index contributed by atoms with van der Waals surface area (Å²) in [6.07, 6.45) is -3.21. The summed E-state index contributed by atoms with van der Waals surface area (Å²) in [6.45, 7) is 3.90. The molecule has 0 spiro atoms. The second kappa shape index (κ2) is 7.32. The molecule has 1 N–H and O–H groups in total. The molecule has 2 aromatic heterocycles. The van der Waals surface area contributed by atoms with E-state index in [1.807, 2.05) is 0 Å². The number of halogens is 4. The summed E-state index contributed by atoms with van der Waals surface area (Å²) in [4.78, 5) is 21.7. The molecule has 0 aliphatic carbocycles. The molecule has 27 heavy (non-hydrogen) atoms. The smallest absolute Gasteiger partial charge is 0.416 e. The molecule has 3 aromatic rings. The van der Waals surface area contributed by atoms with Gasteiger partial charge in [0.1, 0.15) is 11.2 Å². The highest BCUT2D eigenvalue weighted by atomic mass is 35.5. The highest BCUT2D eigenvalue weighted by Gasteiger charge is 2.31. The summed E-state index contributed by atoms with van der Waals surface area (Å²) < 4.78 is 44.2. The first-order valence-corrected chi connectivity index (χ1v) is 8.96. The predicted molar refractivity (Wildman–Crippen MR) is 97.7 cm³/mol. The number of rotatable bonds is 4. The highest BCUT2D eigenvalue weighted by molar-refractivity contribution is 7.20. The molecule has 0 aliphatic rings. The van der Waals surface area contributed by atoms with E-state index in [1.165, 1.54) is 6.33 Å². The van der Waals surface area contributed by atoms with Gasteiger partial charge in [-0.25, -0.2) is 9.97 Å². The normalized spacial score (nSPS) is 11.6. The molecule has 10 heteroatoms.